The number of anilines is 1. The molecule has 0 saturated carbocycles. The van der Waals surface area contributed by atoms with Crippen LogP contribution in [0.25, 0.3) is 0 Å². The molecule has 0 aliphatic carbocycles. The molecule has 0 fully saturated rings. The molecule has 0 bridgehead atoms. The molecule has 1 nitrogen and oxygen atoms in total. The Hall–Kier alpha value is -0.630. The highest BCUT2D eigenvalue weighted by Gasteiger charge is 1.93. The number of hydrogen-bond donors (Lipinski definition) is 1. The van der Waals surface area contributed by atoms with Gasteiger partial charge >= 0.3 is 0 Å². The van der Waals surface area contributed by atoms with Crippen LogP contribution in [0.1, 0.15) is 25.3 Å². The molecule has 1 aromatic rings. The van der Waals surface area contributed by atoms with E-state index in [1.807, 2.05) is 12.1 Å². The second kappa shape index (κ2) is 6.77. The van der Waals surface area contributed by atoms with E-state index in [-0.39, 0.29) is 0 Å². The first-order valence-corrected chi connectivity index (χ1v) is 6.40. The van der Waals surface area contributed by atoms with Gasteiger partial charge in [-0.25, -0.2) is 0 Å². The van der Waals surface area contributed by atoms with Crippen LogP contribution >= 0.6 is 11.8 Å². The zero-order valence-corrected chi connectivity index (χ0v) is 9.65. The molecule has 78 valence electrons. The maximum Gasteiger partial charge on any atom is 0.0314 e. The van der Waals surface area contributed by atoms with Gasteiger partial charge in [-0.15, -0.1) is 0 Å². The van der Waals surface area contributed by atoms with Gasteiger partial charge in [0.15, 0.2) is 0 Å². The minimum atomic E-state index is 0.856. The van der Waals surface area contributed by atoms with Gasteiger partial charge in [0.1, 0.15) is 0 Å². The number of thioether (sulfide) groups is 1. The molecule has 0 atom stereocenters. The molecular formula is C12H19NS. The Labute approximate surface area is 91.1 Å². The largest absolute Gasteiger partial charge is 0.399 e. The summed E-state index contributed by atoms with van der Waals surface area (Å²) in [5.41, 5.74) is 7.87. The summed E-state index contributed by atoms with van der Waals surface area (Å²) in [6.45, 7) is 2.23. The van der Waals surface area contributed by atoms with Crippen LogP contribution in [0.15, 0.2) is 24.3 Å². The van der Waals surface area contributed by atoms with Crippen LogP contribution in [-0.2, 0) is 6.42 Å². The topological polar surface area (TPSA) is 26.0 Å². The maximum atomic E-state index is 5.62. The van der Waals surface area contributed by atoms with Crippen molar-refractivity contribution in [2.75, 3.05) is 17.2 Å². The smallest absolute Gasteiger partial charge is 0.0314 e. The van der Waals surface area contributed by atoms with Crippen molar-refractivity contribution in [2.24, 2.45) is 0 Å². The van der Waals surface area contributed by atoms with Gasteiger partial charge in [-0.2, -0.15) is 11.8 Å². The first-order chi connectivity index (χ1) is 6.83. The van der Waals surface area contributed by atoms with Gasteiger partial charge in [0.05, 0.1) is 0 Å². The summed E-state index contributed by atoms with van der Waals surface area (Å²) in [6, 6.07) is 8.21. The van der Waals surface area contributed by atoms with Crippen LogP contribution in [0.5, 0.6) is 0 Å². The molecular weight excluding hydrogens is 190 g/mol. The van der Waals surface area contributed by atoms with E-state index in [1.54, 1.807) is 0 Å². The number of nitrogens with two attached hydrogens (primary N) is 1. The minimum absolute atomic E-state index is 0.856. The summed E-state index contributed by atoms with van der Waals surface area (Å²) in [4.78, 5) is 0. The molecule has 2 heteroatoms. The van der Waals surface area contributed by atoms with Gasteiger partial charge in [-0.3, -0.25) is 0 Å². The summed E-state index contributed by atoms with van der Waals surface area (Å²) in [5.74, 6) is 2.57. The third-order valence-corrected chi connectivity index (χ3v) is 3.36. The Bertz CT molecular complexity index is 243. The van der Waals surface area contributed by atoms with Crippen LogP contribution in [0, 0.1) is 0 Å². The normalized spacial score (nSPS) is 10.4. The molecule has 0 aliphatic rings. The molecule has 1 aromatic carbocycles. The van der Waals surface area contributed by atoms with Gasteiger partial charge in [-0.1, -0.05) is 19.1 Å². The van der Waals surface area contributed by atoms with Crippen LogP contribution in [0.4, 0.5) is 5.69 Å². The van der Waals surface area contributed by atoms with Gasteiger partial charge < -0.3 is 5.73 Å². The quantitative estimate of drug-likeness (QED) is 0.574. The maximum absolute atomic E-state index is 5.62. The van der Waals surface area contributed by atoms with Gasteiger partial charge in [0.2, 0.25) is 0 Å². The number of hydrogen-bond acceptors (Lipinski definition) is 2. The molecule has 0 saturated heterocycles. The van der Waals surface area contributed by atoms with Gasteiger partial charge in [-0.05, 0) is 48.5 Å². The zero-order valence-electron chi connectivity index (χ0n) is 8.83. The van der Waals surface area contributed by atoms with E-state index in [4.69, 9.17) is 5.73 Å². The Balaban J connectivity index is 2.15. The molecule has 1 rings (SSSR count). The zero-order chi connectivity index (χ0) is 10.2. The third-order valence-electron chi connectivity index (χ3n) is 2.08. The molecule has 0 aliphatic heterocycles. The highest BCUT2D eigenvalue weighted by atomic mass is 32.2. The first-order valence-electron chi connectivity index (χ1n) is 5.25. The van der Waals surface area contributed by atoms with E-state index >= 15 is 0 Å². The highest BCUT2D eigenvalue weighted by molar-refractivity contribution is 7.99. The van der Waals surface area contributed by atoms with Crippen molar-refractivity contribution in [2.45, 2.75) is 26.2 Å². The molecule has 0 radical (unpaired) electrons. The van der Waals surface area contributed by atoms with E-state index in [2.05, 4.69) is 30.8 Å². The lowest BCUT2D eigenvalue weighted by Gasteiger charge is -2.01. The fourth-order valence-corrected chi connectivity index (χ4v) is 2.15. The molecule has 0 spiro atoms. The molecule has 0 aromatic heterocycles. The van der Waals surface area contributed by atoms with Crippen LogP contribution in [0.2, 0.25) is 0 Å². The van der Waals surface area contributed by atoms with Crippen LogP contribution in [0.3, 0.4) is 0 Å². The summed E-state index contributed by atoms with van der Waals surface area (Å²) in [6.07, 6.45) is 3.73. The molecule has 14 heavy (non-hydrogen) atoms. The molecule has 0 heterocycles. The summed E-state index contributed by atoms with van der Waals surface area (Å²) in [7, 11) is 0. The highest BCUT2D eigenvalue weighted by Crippen LogP contribution is 2.10. The van der Waals surface area contributed by atoms with Crippen molar-refractivity contribution in [1.29, 1.82) is 0 Å². The van der Waals surface area contributed by atoms with Crippen molar-refractivity contribution >= 4 is 17.4 Å². The van der Waals surface area contributed by atoms with E-state index in [9.17, 15) is 0 Å². The minimum Gasteiger partial charge on any atom is -0.399 e. The fourth-order valence-electron chi connectivity index (χ4n) is 1.31. The summed E-state index contributed by atoms with van der Waals surface area (Å²) >= 11 is 2.05. The Morgan fingerprint density at radius 1 is 1.14 bits per heavy atom. The lowest BCUT2D eigenvalue weighted by Crippen LogP contribution is -1.90. The van der Waals surface area contributed by atoms with Crippen LogP contribution in [-0.4, -0.2) is 11.5 Å². The molecule has 0 amide bonds. The predicted octanol–water partition coefficient (Wildman–Crippen LogP) is 3.34. The lowest BCUT2D eigenvalue weighted by molar-refractivity contribution is 0.931. The Kier molecular flexibility index (Phi) is 5.53. The van der Waals surface area contributed by atoms with Gasteiger partial charge in [0.25, 0.3) is 0 Å². The summed E-state index contributed by atoms with van der Waals surface area (Å²) < 4.78 is 0. The van der Waals surface area contributed by atoms with Gasteiger partial charge in [0, 0.05) is 5.69 Å². The Morgan fingerprint density at radius 2 is 1.86 bits per heavy atom. The monoisotopic (exact) mass is 209 g/mol. The number of benzene rings is 1. The average molecular weight is 209 g/mol. The SMILES string of the molecule is CCCSCCCc1ccc(N)cc1. The van der Waals surface area contributed by atoms with Crippen molar-refractivity contribution in [3.05, 3.63) is 29.8 Å². The van der Waals surface area contributed by atoms with E-state index in [0.29, 0.717) is 0 Å². The van der Waals surface area contributed by atoms with Crippen molar-refractivity contribution < 1.29 is 0 Å². The lowest BCUT2D eigenvalue weighted by atomic mass is 10.1. The van der Waals surface area contributed by atoms with Crippen molar-refractivity contribution in [3.8, 4) is 0 Å². The van der Waals surface area contributed by atoms with E-state index in [1.165, 1.54) is 36.3 Å². The number of nitrogen functional groups attached to an aromatic ring is 1. The van der Waals surface area contributed by atoms with Crippen LogP contribution < -0.4 is 5.73 Å². The molecule has 2 N–H and O–H groups in total. The average Bonchev–Trinajstić information content (AvgIpc) is 2.21. The number of rotatable bonds is 6. The van der Waals surface area contributed by atoms with E-state index < -0.39 is 0 Å². The molecule has 0 unspecified atom stereocenters. The second-order valence-electron chi connectivity index (χ2n) is 3.46. The van der Waals surface area contributed by atoms with E-state index in [0.717, 1.165) is 5.69 Å². The Morgan fingerprint density at radius 3 is 2.50 bits per heavy atom. The van der Waals surface area contributed by atoms with Crippen molar-refractivity contribution in [3.63, 3.8) is 0 Å². The number of aryl methyl sites for hydroxylation is 1. The predicted molar refractivity (Wildman–Crippen MR) is 66.8 cm³/mol. The standard InChI is InChI=1S/C12H19NS/c1-2-9-14-10-3-4-11-5-7-12(13)8-6-11/h5-8H,2-4,9-10,13H2,1H3. The fraction of sp³-hybridized carbons (Fsp3) is 0.500. The third kappa shape index (κ3) is 4.56. The van der Waals surface area contributed by atoms with Crippen molar-refractivity contribution in [1.82, 2.24) is 0 Å². The second-order valence-corrected chi connectivity index (χ2v) is 4.68. The first kappa shape index (κ1) is 11.4. The summed E-state index contributed by atoms with van der Waals surface area (Å²) in [5, 5.41) is 0.